The summed E-state index contributed by atoms with van der Waals surface area (Å²) in [5, 5.41) is 11.0. The first kappa shape index (κ1) is 18.1. The van der Waals surface area contributed by atoms with Crippen LogP contribution in [0.3, 0.4) is 0 Å². The molecule has 0 saturated carbocycles. The zero-order valence-corrected chi connectivity index (χ0v) is 14.4. The quantitative estimate of drug-likeness (QED) is 0.706. The monoisotopic (exact) mass is 332 g/mol. The van der Waals surface area contributed by atoms with Crippen LogP contribution >= 0.6 is 0 Å². The lowest BCUT2D eigenvalue weighted by Gasteiger charge is -2.21. The van der Waals surface area contributed by atoms with Crippen molar-refractivity contribution in [3.8, 4) is 11.5 Å². The van der Waals surface area contributed by atoms with E-state index in [-0.39, 0.29) is 18.5 Å². The third-order valence-corrected chi connectivity index (χ3v) is 3.72. The zero-order chi connectivity index (χ0) is 17.4. The summed E-state index contributed by atoms with van der Waals surface area (Å²) in [4.78, 5) is 13.8. The molecular formula is C17H24N4O3. The number of likely N-dealkylation sites (N-methyl/N-ethyl adjacent to an activating group) is 1. The third kappa shape index (κ3) is 5.14. The van der Waals surface area contributed by atoms with Crippen molar-refractivity contribution in [1.82, 2.24) is 20.4 Å². The van der Waals surface area contributed by atoms with Crippen molar-refractivity contribution in [2.75, 3.05) is 33.9 Å². The van der Waals surface area contributed by atoms with E-state index in [9.17, 15) is 4.79 Å². The van der Waals surface area contributed by atoms with E-state index in [2.05, 4.69) is 15.5 Å². The van der Waals surface area contributed by atoms with Gasteiger partial charge in [0.15, 0.2) is 0 Å². The number of carbonyl (C=O) groups excluding carboxylic acids is 1. The topological polar surface area (TPSA) is 80.5 Å². The number of nitrogens with zero attached hydrogens (tertiary/aromatic N) is 3. The van der Waals surface area contributed by atoms with Crippen LogP contribution in [0, 0.1) is 0 Å². The molecule has 1 aromatic carbocycles. The van der Waals surface area contributed by atoms with E-state index in [1.54, 1.807) is 7.11 Å². The van der Waals surface area contributed by atoms with Crippen LogP contribution < -0.4 is 5.32 Å². The number of carbonyl (C=O) groups is 1. The smallest absolute Gasteiger partial charge is 0.247 e. The van der Waals surface area contributed by atoms with Gasteiger partial charge in [0.1, 0.15) is 0 Å². The minimum Gasteiger partial charge on any atom is -0.419 e. The highest BCUT2D eigenvalue weighted by Crippen LogP contribution is 2.22. The number of methoxy groups -OCH3 is 1. The lowest BCUT2D eigenvalue weighted by atomic mass is 10.2. The number of rotatable bonds is 9. The van der Waals surface area contributed by atoms with E-state index in [0.29, 0.717) is 24.9 Å². The van der Waals surface area contributed by atoms with Crippen LogP contribution in [0.2, 0.25) is 0 Å². The van der Waals surface area contributed by atoms with E-state index < -0.39 is 0 Å². The molecule has 0 aliphatic heterocycles. The normalized spacial score (nSPS) is 12.3. The standard InChI is InChI=1S/C17H24N4O3/c1-13(21(2)12-15(22)18-10-7-11-23-3)16-19-20-17(24-16)14-8-5-4-6-9-14/h4-6,8-9,13H,7,10-12H2,1-3H3,(H,18,22). The average Bonchev–Trinajstić information content (AvgIpc) is 3.09. The SMILES string of the molecule is COCCCNC(=O)CN(C)C(C)c1nnc(-c2ccccc2)o1. The van der Waals surface area contributed by atoms with Crippen molar-refractivity contribution in [2.24, 2.45) is 0 Å². The van der Waals surface area contributed by atoms with E-state index in [1.165, 1.54) is 0 Å². The van der Waals surface area contributed by atoms with Gasteiger partial charge in [0.25, 0.3) is 0 Å². The summed E-state index contributed by atoms with van der Waals surface area (Å²) < 4.78 is 10.7. The van der Waals surface area contributed by atoms with Crippen LogP contribution in [-0.4, -0.2) is 54.9 Å². The fraction of sp³-hybridized carbons (Fsp3) is 0.471. The second-order valence-electron chi connectivity index (χ2n) is 5.60. The molecule has 0 aliphatic rings. The number of hydrogen-bond donors (Lipinski definition) is 1. The summed E-state index contributed by atoms with van der Waals surface area (Å²) in [5.74, 6) is 0.932. The molecule has 7 heteroatoms. The van der Waals surface area contributed by atoms with Crippen LogP contribution in [0.25, 0.3) is 11.5 Å². The Balaban J connectivity index is 1.88. The summed E-state index contributed by atoms with van der Waals surface area (Å²) >= 11 is 0. The minimum absolute atomic E-state index is 0.0387. The molecule has 0 saturated heterocycles. The van der Waals surface area contributed by atoms with Gasteiger partial charge in [-0.25, -0.2) is 0 Å². The Kier molecular flexibility index (Phi) is 6.89. The summed E-state index contributed by atoms with van der Waals surface area (Å²) in [6.45, 7) is 3.43. The molecule has 1 heterocycles. The molecule has 1 aromatic heterocycles. The van der Waals surface area contributed by atoms with E-state index in [1.807, 2.05) is 49.2 Å². The molecule has 2 aromatic rings. The highest BCUT2D eigenvalue weighted by molar-refractivity contribution is 5.77. The number of nitrogens with one attached hydrogen (secondary N) is 1. The molecule has 2 rings (SSSR count). The van der Waals surface area contributed by atoms with E-state index in [4.69, 9.17) is 9.15 Å². The summed E-state index contributed by atoms with van der Waals surface area (Å²) in [6.07, 6.45) is 0.797. The second kappa shape index (κ2) is 9.14. The molecule has 0 fully saturated rings. The van der Waals surface area contributed by atoms with Gasteiger partial charge < -0.3 is 14.5 Å². The van der Waals surface area contributed by atoms with Gasteiger partial charge in [0.2, 0.25) is 17.7 Å². The molecule has 7 nitrogen and oxygen atoms in total. The van der Waals surface area contributed by atoms with Crippen molar-refractivity contribution in [1.29, 1.82) is 0 Å². The van der Waals surface area contributed by atoms with Crippen molar-refractivity contribution < 1.29 is 13.9 Å². The van der Waals surface area contributed by atoms with E-state index >= 15 is 0 Å². The predicted molar refractivity (Wildman–Crippen MR) is 90.3 cm³/mol. The Hall–Kier alpha value is -2.25. The van der Waals surface area contributed by atoms with Crippen LogP contribution in [0.5, 0.6) is 0 Å². The van der Waals surface area contributed by atoms with Crippen molar-refractivity contribution in [3.63, 3.8) is 0 Å². The Labute approximate surface area is 142 Å². The van der Waals surface area contributed by atoms with Gasteiger partial charge in [0.05, 0.1) is 12.6 Å². The van der Waals surface area contributed by atoms with Gasteiger partial charge in [-0.15, -0.1) is 10.2 Å². The lowest BCUT2D eigenvalue weighted by molar-refractivity contribution is -0.122. The van der Waals surface area contributed by atoms with Crippen molar-refractivity contribution in [3.05, 3.63) is 36.2 Å². The first-order valence-corrected chi connectivity index (χ1v) is 7.96. The Morgan fingerprint density at radius 3 is 2.79 bits per heavy atom. The zero-order valence-electron chi connectivity index (χ0n) is 14.4. The maximum Gasteiger partial charge on any atom is 0.247 e. The lowest BCUT2D eigenvalue weighted by Crippen LogP contribution is -2.37. The minimum atomic E-state index is -0.153. The number of ether oxygens (including phenoxy) is 1. The molecule has 0 aliphatic carbocycles. The first-order chi connectivity index (χ1) is 11.6. The molecule has 1 atom stereocenters. The van der Waals surface area contributed by atoms with Crippen molar-refractivity contribution in [2.45, 2.75) is 19.4 Å². The van der Waals surface area contributed by atoms with Gasteiger partial charge in [-0.2, -0.15) is 0 Å². The summed E-state index contributed by atoms with van der Waals surface area (Å²) in [6, 6.07) is 9.45. The van der Waals surface area contributed by atoms with Gasteiger partial charge in [-0.3, -0.25) is 9.69 Å². The van der Waals surface area contributed by atoms with E-state index in [0.717, 1.165) is 12.0 Å². The highest BCUT2D eigenvalue weighted by Gasteiger charge is 2.20. The van der Waals surface area contributed by atoms with Gasteiger partial charge >= 0.3 is 0 Å². The average molecular weight is 332 g/mol. The van der Waals surface area contributed by atoms with Gasteiger partial charge in [0, 0.05) is 25.8 Å². The fourth-order valence-corrected chi connectivity index (χ4v) is 2.15. The van der Waals surface area contributed by atoms with Crippen molar-refractivity contribution >= 4 is 5.91 Å². The van der Waals surface area contributed by atoms with Gasteiger partial charge in [-0.1, -0.05) is 18.2 Å². The summed E-state index contributed by atoms with van der Waals surface area (Å²) in [5.41, 5.74) is 0.877. The fourth-order valence-electron chi connectivity index (χ4n) is 2.15. The number of amides is 1. The molecule has 24 heavy (non-hydrogen) atoms. The van der Waals surface area contributed by atoms with Crippen LogP contribution in [0.15, 0.2) is 34.7 Å². The number of benzene rings is 1. The molecule has 0 spiro atoms. The second-order valence-corrected chi connectivity index (χ2v) is 5.60. The van der Waals surface area contributed by atoms with Crippen LogP contribution in [0.1, 0.15) is 25.3 Å². The Bertz CT molecular complexity index is 630. The third-order valence-electron chi connectivity index (χ3n) is 3.72. The highest BCUT2D eigenvalue weighted by atomic mass is 16.5. The molecule has 0 bridgehead atoms. The molecular weight excluding hydrogens is 308 g/mol. The van der Waals surface area contributed by atoms with Gasteiger partial charge in [-0.05, 0) is 32.5 Å². The Morgan fingerprint density at radius 2 is 2.08 bits per heavy atom. The maximum absolute atomic E-state index is 11.9. The molecule has 1 unspecified atom stereocenters. The Morgan fingerprint density at radius 1 is 1.33 bits per heavy atom. The molecule has 1 amide bonds. The molecule has 130 valence electrons. The molecule has 0 radical (unpaired) electrons. The maximum atomic E-state index is 11.9. The van der Waals surface area contributed by atoms with Crippen LogP contribution in [-0.2, 0) is 9.53 Å². The van der Waals surface area contributed by atoms with Crippen LogP contribution in [0.4, 0.5) is 0 Å². The largest absolute Gasteiger partial charge is 0.419 e. The predicted octanol–water partition coefficient (Wildman–Crippen LogP) is 1.88. The number of aromatic nitrogens is 2. The molecule has 1 N–H and O–H groups in total. The first-order valence-electron chi connectivity index (χ1n) is 7.96. The number of hydrogen-bond acceptors (Lipinski definition) is 6. The summed E-state index contributed by atoms with van der Waals surface area (Å²) in [7, 11) is 3.50.